The molecule has 7 heteroatoms. The molecule has 4 nitrogen and oxygen atoms in total. The lowest BCUT2D eigenvalue weighted by atomic mass is 10.3. The van der Waals surface area contributed by atoms with Crippen molar-refractivity contribution in [2.45, 2.75) is 4.90 Å². The number of halogens is 2. The van der Waals surface area contributed by atoms with E-state index >= 15 is 0 Å². The van der Waals surface area contributed by atoms with E-state index in [-0.39, 0.29) is 6.03 Å². The smallest absolute Gasteiger partial charge is 0.329 e. The number of ether oxygens (including phenoxy) is 1. The second-order valence-electron chi connectivity index (χ2n) is 2.74. The first-order valence-corrected chi connectivity index (χ1v) is 5.92. The molecule has 1 aromatic carbocycles. The van der Waals surface area contributed by atoms with E-state index in [4.69, 9.17) is 16.3 Å². The number of nitrogens with one attached hydrogen (secondary N) is 2. The zero-order chi connectivity index (χ0) is 11.0. The molecule has 2 N–H and O–H groups in total. The van der Waals surface area contributed by atoms with E-state index in [2.05, 4.69) is 26.0 Å². The number of amides is 2. The van der Waals surface area contributed by atoms with Gasteiger partial charge in [-0.2, -0.15) is 0 Å². The Labute approximate surface area is 104 Å². The monoisotopic (exact) mass is 308 g/mol. The van der Waals surface area contributed by atoms with Gasteiger partial charge in [0, 0.05) is 4.47 Å². The van der Waals surface area contributed by atoms with Gasteiger partial charge in [0.15, 0.2) is 5.75 Å². The number of rotatable bonds is 1. The van der Waals surface area contributed by atoms with Gasteiger partial charge < -0.3 is 10.1 Å². The van der Waals surface area contributed by atoms with E-state index in [0.29, 0.717) is 16.5 Å². The maximum Gasteiger partial charge on any atom is 0.329 e. The molecule has 1 aliphatic rings. The lowest BCUT2D eigenvalue weighted by Gasteiger charge is -2.20. The zero-order valence-corrected chi connectivity index (χ0v) is 10.7. The fourth-order valence-corrected chi connectivity index (χ4v) is 2.67. The van der Waals surface area contributed by atoms with Crippen molar-refractivity contribution in [3.05, 3.63) is 15.6 Å². The van der Waals surface area contributed by atoms with Gasteiger partial charge in [-0.25, -0.2) is 4.79 Å². The molecule has 0 aromatic heterocycles. The van der Waals surface area contributed by atoms with Crippen molar-refractivity contribution in [1.29, 1.82) is 0 Å². The van der Waals surface area contributed by atoms with Crippen LogP contribution in [0.2, 0.25) is 5.02 Å². The topological polar surface area (TPSA) is 50.4 Å². The lowest BCUT2D eigenvalue weighted by molar-refractivity contribution is 0.256. The number of carbonyl (C=O) groups is 1. The van der Waals surface area contributed by atoms with Crippen LogP contribution in [0.1, 0.15) is 0 Å². The highest BCUT2D eigenvalue weighted by Crippen LogP contribution is 2.45. The maximum atomic E-state index is 11.1. The molecule has 0 fully saturated rings. The van der Waals surface area contributed by atoms with Crippen LogP contribution in [0.3, 0.4) is 0 Å². The number of urea groups is 1. The first kappa shape index (κ1) is 10.9. The number of methoxy groups -OCH3 is 1. The van der Waals surface area contributed by atoms with E-state index < -0.39 is 0 Å². The third kappa shape index (κ3) is 1.89. The molecule has 2 rings (SSSR count). The van der Waals surface area contributed by atoms with Crippen LogP contribution < -0.4 is 14.8 Å². The van der Waals surface area contributed by atoms with Crippen molar-refractivity contribution in [3.63, 3.8) is 0 Å². The normalized spacial score (nSPS) is 13.9. The number of carbonyl (C=O) groups excluding carboxylic acids is 1. The molecule has 15 heavy (non-hydrogen) atoms. The Morgan fingerprint density at radius 1 is 1.60 bits per heavy atom. The van der Waals surface area contributed by atoms with Crippen LogP contribution in [0.5, 0.6) is 5.75 Å². The number of hydrogen-bond acceptors (Lipinski definition) is 3. The molecular formula is C8H6BrClN2O2S. The van der Waals surface area contributed by atoms with Gasteiger partial charge in [0.05, 0.1) is 17.0 Å². The summed E-state index contributed by atoms with van der Waals surface area (Å²) in [6, 6.07) is 1.53. The minimum Gasteiger partial charge on any atom is -0.493 e. The van der Waals surface area contributed by atoms with Crippen molar-refractivity contribution in [2.24, 2.45) is 0 Å². The Morgan fingerprint density at radius 2 is 2.33 bits per heavy atom. The summed E-state index contributed by atoms with van der Waals surface area (Å²) in [5, 5.41) is 3.09. The highest BCUT2D eigenvalue weighted by molar-refractivity contribution is 9.10. The SMILES string of the molecule is COc1c(Cl)c(Br)cc2c1NC(=O)NS2. The van der Waals surface area contributed by atoms with Crippen molar-refractivity contribution in [3.8, 4) is 5.75 Å². The fraction of sp³-hybridized carbons (Fsp3) is 0.125. The summed E-state index contributed by atoms with van der Waals surface area (Å²) in [5.41, 5.74) is 0.597. The molecule has 0 saturated heterocycles. The Balaban J connectivity index is 2.61. The first-order chi connectivity index (χ1) is 7.13. The number of anilines is 1. The van der Waals surface area contributed by atoms with Crippen LogP contribution in [0.25, 0.3) is 0 Å². The Hall–Kier alpha value is -0.590. The molecule has 0 spiro atoms. The molecule has 2 amide bonds. The molecule has 0 aliphatic carbocycles. The predicted molar refractivity (Wildman–Crippen MR) is 63.7 cm³/mol. The summed E-state index contributed by atoms with van der Waals surface area (Å²) in [6.45, 7) is 0. The largest absolute Gasteiger partial charge is 0.493 e. The number of hydrogen-bond donors (Lipinski definition) is 2. The summed E-state index contributed by atoms with van der Waals surface area (Å²) in [4.78, 5) is 12.0. The fourth-order valence-electron chi connectivity index (χ4n) is 1.21. The van der Waals surface area contributed by atoms with Crippen LogP contribution in [-0.2, 0) is 0 Å². The van der Waals surface area contributed by atoms with Gasteiger partial charge >= 0.3 is 6.03 Å². The molecule has 0 saturated carbocycles. The minimum absolute atomic E-state index is 0.288. The summed E-state index contributed by atoms with van der Waals surface area (Å²) in [7, 11) is 1.51. The zero-order valence-electron chi connectivity index (χ0n) is 7.56. The third-order valence-electron chi connectivity index (χ3n) is 1.84. The highest BCUT2D eigenvalue weighted by Gasteiger charge is 2.22. The van der Waals surface area contributed by atoms with E-state index in [9.17, 15) is 4.79 Å². The first-order valence-electron chi connectivity index (χ1n) is 3.93. The molecule has 0 unspecified atom stereocenters. The minimum atomic E-state index is -0.288. The molecule has 1 aliphatic heterocycles. The average molecular weight is 310 g/mol. The Kier molecular flexibility index (Phi) is 2.99. The van der Waals surface area contributed by atoms with Gasteiger partial charge in [-0.15, -0.1) is 0 Å². The van der Waals surface area contributed by atoms with E-state index in [1.54, 1.807) is 0 Å². The summed E-state index contributed by atoms with van der Waals surface area (Å²) < 4.78 is 8.47. The van der Waals surface area contributed by atoms with Gasteiger partial charge in [0.2, 0.25) is 0 Å². The van der Waals surface area contributed by atoms with Gasteiger partial charge in [-0.3, -0.25) is 4.72 Å². The van der Waals surface area contributed by atoms with Gasteiger partial charge in [-0.05, 0) is 33.9 Å². The standard InChI is InChI=1S/C8H6BrClN2O2S/c1-14-7-5(10)3(9)2-4-6(7)11-8(13)12-15-4/h2H,1H3,(H2,11,12,13). The average Bonchev–Trinajstić information content (AvgIpc) is 2.21. The van der Waals surface area contributed by atoms with Crippen LogP contribution in [0.4, 0.5) is 10.5 Å². The van der Waals surface area contributed by atoms with Gasteiger partial charge in [0.1, 0.15) is 5.69 Å². The van der Waals surface area contributed by atoms with Crippen molar-refractivity contribution >= 4 is 51.2 Å². The molecular weight excluding hydrogens is 304 g/mol. The second kappa shape index (κ2) is 4.11. The summed E-state index contributed by atoms with van der Waals surface area (Å²) in [6.07, 6.45) is 0. The molecule has 1 heterocycles. The molecule has 0 bridgehead atoms. The van der Waals surface area contributed by atoms with Crippen LogP contribution in [0.15, 0.2) is 15.4 Å². The van der Waals surface area contributed by atoms with Crippen LogP contribution in [0, 0.1) is 0 Å². The summed E-state index contributed by atoms with van der Waals surface area (Å²) in [5.74, 6) is 0.461. The van der Waals surface area contributed by atoms with Crippen molar-refractivity contribution < 1.29 is 9.53 Å². The summed E-state index contributed by atoms with van der Waals surface area (Å²) >= 11 is 10.6. The maximum absolute atomic E-state index is 11.1. The molecule has 80 valence electrons. The van der Waals surface area contributed by atoms with Crippen molar-refractivity contribution in [2.75, 3.05) is 12.4 Å². The Bertz CT molecular complexity index is 441. The van der Waals surface area contributed by atoms with E-state index in [1.807, 2.05) is 6.07 Å². The second-order valence-corrected chi connectivity index (χ2v) is 4.82. The number of fused-ring (bicyclic) bond motifs is 1. The molecule has 0 atom stereocenters. The molecule has 1 aromatic rings. The van der Waals surface area contributed by atoms with Gasteiger partial charge in [-0.1, -0.05) is 11.6 Å². The predicted octanol–water partition coefficient (Wildman–Crippen LogP) is 3.25. The number of benzene rings is 1. The van der Waals surface area contributed by atoms with Crippen LogP contribution in [-0.4, -0.2) is 13.1 Å². The van der Waals surface area contributed by atoms with E-state index in [0.717, 1.165) is 9.37 Å². The quantitative estimate of drug-likeness (QED) is 0.783. The highest BCUT2D eigenvalue weighted by atomic mass is 79.9. The van der Waals surface area contributed by atoms with Crippen LogP contribution >= 0.6 is 39.5 Å². The molecule has 0 radical (unpaired) electrons. The lowest BCUT2D eigenvalue weighted by Crippen LogP contribution is -2.27. The van der Waals surface area contributed by atoms with Gasteiger partial charge in [0.25, 0.3) is 0 Å². The third-order valence-corrected chi connectivity index (χ3v) is 3.89. The van der Waals surface area contributed by atoms with Crippen molar-refractivity contribution in [1.82, 2.24) is 4.72 Å². The Morgan fingerprint density at radius 3 is 3.00 bits per heavy atom. The van der Waals surface area contributed by atoms with E-state index in [1.165, 1.54) is 19.1 Å².